The predicted octanol–water partition coefficient (Wildman–Crippen LogP) is 4.34. The van der Waals surface area contributed by atoms with Crippen molar-refractivity contribution in [3.05, 3.63) is 105 Å². The zero-order chi connectivity index (χ0) is 23.8. The molecule has 0 atom stereocenters. The van der Waals surface area contributed by atoms with Crippen LogP contribution in [0.3, 0.4) is 0 Å². The molecule has 3 rings (SSSR count). The number of nitro benzene ring substituents is 1. The number of aromatic hydroxyl groups is 1. The molecule has 0 heterocycles. The number of non-ortho nitro benzene ring substituents is 1. The van der Waals surface area contributed by atoms with Crippen molar-refractivity contribution >= 4 is 41.5 Å². The van der Waals surface area contributed by atoms with Crippen LogP contribution in [0, 0.1) is 10.1 Å². The molecule has 0 aliphatic carbocycles. The number of carbonyl (C=O) groups is 2. The Morgan fingerprint density at radius 3 is 2.64 bits per heavy atom. The second-order valence-corrected chi connectivity index (χ2v) is 6.94. The Bertz CT molecular complexity index is 1270. The van der Waals surface area contributed by atoms with Gasteiger partial charge in [0.15, 0.2) is 0 Å². The van der Waals surface area contributed by atoms with Gasteiger partial charge >= 0.3 is 5.97 Å². The normalized spacial score (nSPS) is 10.9. The highest BCUT2D eigenvalue weighted by atomic mass is 35.5. The molecule has 3 aromatic carbocycles. The summed E-state index contributed by atoms with van der Waals surface area (Å²) in [5, 5.41) is 24.7. The number of phenolic OH excluding ortho intramolecular Hbond substituents is 1. The fourth-order valence-electron chi connectivity index (χ4n) is 2.65. The maximum absolute atomic E-state index is 12.2. The van der Waals surface area contributed by atoms with E-state index < -0.39 is 16.8 Å². The van der Waals surface area contributed by atoms with E-state index in [9.17, 15) is 24.8 Å². The zero-order valence-electron chi connectivity index (χ0n) is 16.8. The monoisotopic (exact) mass is 465 g/mol. The molecule has 0 saturated heterocycles. The first-order valence-electron chi connectivity index (χ1n) is 9.39. The Kier molecular flexibility index (Phi) is 7.51. The average molecular weight is 466 g/mol. The van der Waals surface area contributed by atoms with E-state index in [-0.39, 0.29) is 22.7 Å². The van der Waals surface area contributed by atoms with E-state index in [1.807, 2.05) is 0 Å². The molecule has 0 aromatic heterocycles. The standard InChI is InChI=1S/C23H16ClN3O6/c24-17-9-10-21(33-22(29)11-8-15-4-3-5-18(12-15)27(31)32)16(13-17)14-25-26-23(30)19-6-1-2-7-20(19)28/h1-14,28H,(H,26,30)/b11-8+,25-14+. The van der Waals surface area contributed by atoms with E-state index in [0.29, 0.717) is 16.1 Å². The minimum absolute atomic E-state index is 0.0404. The summed E-state index contributed by atoms with van der Waals surface area (Å²) >= 11 is 6.00. The number of nitrogens with one attached hydrogen (secondary N) is 1. The number of nitro groups is 1. The van der Waals surface area contributed by atoms with Crippen molar-refractivity contribution in [2.75, 3.05) is 0 Å². The summed E-state index contributed by atoms with van der Waals surface area (Å²) in [6.07, 6.45) is 3.73. The van der Waals surface area contributed by atoms with Crippen molar-refractivity contribution in [3.63, 3.8) is 0 Å². The Labute approximate surface area is 192 Å². The molecule has 166 valence electrons. The molecule has 0 radical (unpaired) electrons. The van der Waals surface area contributed by atoms with E-state index in [1.165, 1.54) is 60.8 Å². The Morgan fingerprint density at radius 2 is 1.88 bits per heavy atom. The fourth-order valence-corrected chi connectivity index (χ4v) is 2.83. The molecule has 10 heteroatoms. The fraction of sp³-hybridized carbons (Fsp3) is 0. The highest BCUT2D eigenvalue weighted by Gasteiger charge is 2.10. The Balaban J connectivity index is 1.70. The average Bonchev–Trinajstić information content (AvgIpc) is 2.80. The molecule has 3 aromatic rings. The summed E-state index contributed by atoms with van der Waals surface area (Å²) in [7, 11) is 0. The van der Waals surface area contributed by atoms with E-state index >= 15 is 0 Å². The molecule has 33 heavy (non-hydrogen) atoms. The van der Waals surface area contributed by atoms with Crippen molar-refractivity contribution < 1.29 is 24.4 Å². The van der Waals surface area contributed by atoms with Gasteiger partial charge in [0.2, 0.25) is 0 Å². The van der Waals surface area contributed by atoms with Gasteiger partial charge in [0.25, 0.3) is 11.6 Å². The number of benzene rings is 3. The van der Waals surface area contributed by atoms with Gasteiger partial charge in [-0.05, 0) is 42.0 Å². The molecule has 0 bridgehead atoms. The number of carbonyl (C=O) groups excluding carboxylic acids is 2. The van der Waals surface area contributed by atoms with Crippen LogP contribution < -0.4 is 10.2 Å². The summed E-state index contributed by atoms with van der Waals surface area (Å²) in [6.45, 7) is 0. The van der Waals surface area contributed by atoms with Crippen LogP contribution in [0.25, 0.3) is 6.08 Å². The van der Waals surface area contributed by atoms with E-state index in [0.717, 1.165) is 6.08 Å². The first-order chi connectivity index (χ1) is 15.8. The van der Waals surface area contributed by atoms with Crippen molar-refractivity contribution in [1.82, 2.24) is 5.43 Å². The maximum Gasteiger partial charge on any atom is 0.336 e. The SMILES string of the molecule is O=C(/C=C/c1cccc([N+](=O)[O-])c1)Oc1ccc(Cl)cc1/C=N/NC(=O)c1ccccc1O. The van der Waals surface area contributed by atoms with Crippen molar-refractivity contribution in [1.29, 1.82) is 0 Å². The second-order valence-electron chi connectivity index (χ2n) is 6.50. The van der Waals surface area contributed by atoms with Gasteiger partial charge < -0.3 is 9.84 Å². The lowest BCUT2D eigenvalue weighted by atomic mass is 10.2. The number of rotatable bonds is 7. The third kappa shape index (κ3) is 6.49. The highest BCUT2D eigenvalue weighted by Crippen LogP contribution is 2.22. The number of amides is 1. The van der Waals surface area contributed by atoms with Gasteiger partial charge in [0.05, 0.1) is 16.7 Å². The van der Waals surface area contributed by atoms with E-state index in [4.69, 9.17) is 16.3 Å². The molecular weight excluding hydrogens is 450 g/mol. The number of ether oxygens (including phenoxy) is 1. The number of nitrogens with zero attached hydrogens (tertiary/aromatic N) is 2. The number of hydrogen-bond donors (Lipinski definition) is 2. The van der Waals surface area contributed by atoms with Crippen LogP contribution in [-0.4, -0.2) is 28.1 Å². The lowest BCUT2D eigenvalue weighted by Crippen LogP contribution is -2.17. The Morgan fingerprint density at radius 1 is 1.09 bits per heavy atom. The molecule has 1 amide bonds. The third-order valence-electron chi connectivity index (χ3n) is 4.19. The molecular formula is C23H16ClN3O6. The summed E-state index contributed by atoms with van der Waals surface area (Å²) < 4.78 is 5.30. The van der Waals surface area contributed by atoms with Crippen molar-refractivity contribution in [3.8, 4) is 11.5 Å². The van der Waals surface area contributed by atoms with Crippen LogP contribution in [0.4, 0.5) is 5.69 Å². The molecule has 0 aliphatic heterocycles. The van der Waals surface area contributed by atoms with Gasteiger partial charge in [-0.15, -0.1) is 0 Å². The third-order valence-corrected chi connectivity index (χ3v) is 4.43. The number of hydrogen-bond acceptors (Lipinski definition) is 7. The van der Waals surface area contributed by atoms with Crippen LogP contribution in [0.15, 0.2) is 77.9 Å². The van der Waals surface area contributed by atoms with Crippen LogP contribution in [0.1, 0.15) is 21.5 Å². The van der Waals surface area contributed by atoms with Crippen LogP contribution in [0.2, 0.25) is 5.02 Å². The van der Waals surface area contributed by atoms with E-state index in [2.05, 4.69) is 10.5 Å². The molecule has 0 unspecified atom stereocenters. The topological polar surface area (TPSA) is 131 Å². The second kappa shape index (κ2) is 10.7. The number of para-hydroxylation sites is 1. The van der Waals surface area contributed by atoms with E-state index in [1.54, 1.807) is 18.2 Å². The van der Waals surface area contributed by atoms with Crippen molar-refractivity contribution in [2.45, 2.75) is 0 Å². The van der Waals surface area contributed by atoms with Gasteiger partial charge in [0, 0.05) is 28.8 Å². The highest BCUT2D eigenvalue weighted by molar-refractivity contribution is 6.31. The Hall–Kier alpha value is -4.50. The van der Waals surface area contributed by atoms with Gasteiger partial charge in [-0.2, -0.15) is 5.10 Å². The quantitative estimate of drug-likeness (QED) is 0.133. The summed E-state index contributed by atoms with van der Waals surface area (Å²) in [4.78, 5) is 34.7. The first kappa shape index (κ1) is 23.2. The summed E-state index contributed by atoms with van der Waals surface area (Å²) in [5.41, 5.74) is 2.96. The van der Waals surface area contributed by atoms with Gasteiger partial charge in [-0.25, -0.2) is 10.2 Å². The van der Waals surface area contributed by atoms with Crippen LogP contribution in [0.5, 0.6) is 11.5 Å². The summed E-state index contributed by atoms with van der Waals surface area (Å²) in [5.74, 6) is -1.45. The van der Waals surface area contributed by atoms with Crippen LogP contribution >= 0.6 is 11.6 Å². The zero-order valence-corrected chi connectivity index (χ0v) is 17.6. The minimum atomic E-state index is -0.739. The molecule has 0 aliphatic rings. The lowest BCUT2D eigenvalue weighted by Gasteiger charge is -2.06. The maximum atomic E-state index is 12.2. The predicted molar refractivity (Wildman–Crippen MR) is 122 cm³/mol. The van der Waals surface area contributed by atoms with Gasteiger partial charge in [-0.3, -0.25) is 14.9 Å². The van der Waals surface area contributed by atoms with Crippen LogP contribution in [-0.2, 0) is 4.79 Å². The number of phenols is 1. The first-order valence-corrected chi connectivity index (χ1v) is 9.76. The number of hydrazone groups is 1. The minimum Gasteiger partial charge on any atom is -0.507 e. The molecule has 9 nitrogen and oxygen atoms in total. The molecule has 0 spiro atoms. The largest absolute Gasteiger partial charge is 0.507 e. The number of esters is 1. The molecule has 0 fully saturated rings. The van der Waals surface area contributed by atoms with Gasteiger partial charge in [-0.1, -0.05) is 35.9 Å². The smallest absolute Gasteiger partial charge is 0.336 e. The van der Waals surface area contributed by atoms with Gasteiger partial charge in [0.1, 0.15) is 11.5 Å². The summed E-state index contributed by atoms with van der Waals surface area (Å²) in [6, 6.07) is 16.2. The molecule has 0 saturated carbocycles. The number of halogens is 1. The lowest BCUT2D eigenvalue weighted by molar-refractivity contribution is -0.384. The van der Waals surface area contributed by atoms with Crippen molar-refractivity contribution in [2.24, 2.45) is 5.10 Å². The molecule has 2 N–H and O–H groups in total.